The molecule has 0 unspecified atom stereocenters. The highest BCUT2D eigenvalue weighted by atomic mass is 19.3. The van der Waals surface area contributed by atoms with Gasteiger partial charge in [-0.2, -0.15) is 8.78 Å². The van der Waals surface area contributed by atoms with Gasteiger partial charge in [0.15, 0.2) is 5.82 Å². The predicted molar refractivity (Wildman–Crippen MR) is 68.8 cm³/mol. The molecular weight excluding hydrogens is 282 g/mol. The number of benzene rings is 1. The summed E-state index contributed by atoms with van der Waals surface area (Å²) in [5, 5.41) is 0. The fourth-order valence-electron chi connectivity index (χ4n) is 2.01. The first kappa shape index (κ1) is 13.3. The summed E-state index contributed by atoms with van der Waals surface area (Å²) in [6.45, 7) is -3.11. The zero-order valence-electron chi connectivity index (χ0n) is 10.7. The van der Waals surface area contributed by atoms with Crippen LogP contribution in [0.4, 0.5) is 8.78 Å². The normalized spacial score (nSPS) is 11.2. The summed E-state index contributed by atoms with van der Waals surface area (Å²) in [4.78, 5) is 15.7. The van der Waals surface area contributed by atoms with Gasteiger partial charge < -0.3 is 9.15 Å². The zero-order valence-corrected chi connectivity index (χ0v) is 10.7. The largest absolute Gasteiger partial charge is 0.472 e. The molecule has 2 aromatic heterocycles. The van der Waals surface area contributed by atoms with Gasteiger partial charge in [0.1, 0.15) is 12.9 Å². The summed E-state index contributed by atoms with van der Waals surface area (Å²) < 4.78 is 36.8. The number of carbonyl (C=O) groups is 1. The van der Waals surface area contributed by atoms with Crippen LogP contribution in [0.15, 0.2) is 47.3 Å². The molecule has 7 heteroatoms. The average Bonchev–Trinajstić information content (AvgIpc) is 3.11. The van der Waals surface area contributed by atoms with Crippen LogP contribution in [0.25, 0.3) is 11.0 Å². The third kappa shape index (κ3) is 2.49. The lowest BCUT2D eigenvalue weighted by molar-refractivity contribution is 0.0387. The van der Waals surface area contributed by atoms with Gasteiger partial charge in [0.05, 0.1) is 22.9 Å². The van der Waals surface area contributed by atoms with Crippen molar-refractivity contribution in [2.24, 2.45) is 0 Å². The fourth-order valence-corrected chi connectivity index (χ4v) is 2.01. The number of ether oxygens (including phenoxy) is 1. The van der Waals surface area contributed by atoms with Crippen molar-refractivity contribution in [2.75, 3.05) is 0 Å². The molecule has 0 bridgehead atoms. The molecule has 5 nitrogen and oxygen atoms in total. The summed E-state index contributed by atoms with van der Waals surface area (Å²) in [5.41, 5.74) is 0.934. The van der Waals surface area contributed by atoms with Crippen molar-refractivity contribution in [3.05, 3.63) is 54.2 Å². The van der Waals surface area contributed by atoms with Gasteiger partial charge in [0, 0.05) is 0 Å². The van der Waals surface area contributed by atoms with Crippen LogP contribution >= 0.6 is 0 Å². The minimum atomic E-state index is -2.76. The van der Waals surface area contributed by atoms with Crippen molar-refractivity contribution in [2.45, 2.75) is 13.2 Å². The number of imidazole rings is 1. The standard InChI is InChI=1S/C14H10F2N2O3/c15-14(16)18-11-4-2-1-3-10(11)17-12(18)8-21-13(19)9-5-6-20-7-9/h1-7,14H,8H2. The molecule has 0 N–H and O–H groups in total. The summed E-state index contributed by atoms with van der Waals surface area (Å²) >= 11 is 0. The molecule has 3 aromatic rings. The second-order valence-electron chi connectivity index (χ2n) is 4.25. The molecule has 108 valence electrons. The summed E-state index contributed by atoms with van der Waals surface area (Å²) in [5.74, 6) is -0.667. The first-order chi connectivity index (χ1) is 10.2. The number of para-hydroxylation sites is 2. The van der Waals surface area contributed by atoms with E-state index in [2.05, 4.69) is 4.98 Å². The average molecular weight is 292 g/mol. The summed E-state index contributed by atoms with van der Waals surface area (Å²) in [6, 6.07) is 7.93. The van der Waals surface area contributed by atoms with Gasteiger partial charge in [0.2, 0.25) is 0 Å². The molecule has 1 aromatic carbocycles. The minimum Gasteiger partial charge on any atom is -0.472 e. The number of rotatable bonds is 4. The molecular formula is C14H10F2N2O3. The number of hydrogen-bond acceptors (Lipinski definition) is 4. The van der Waals surface area contributed by atoms with E-state index >= 15 is 0 Å². The molecule has 0 saturated carbocycles. The summed E-state index contributed by atoms with van der Waals surface area (Å²) in [7, 11) is 0. The Hall–Kier alpha value is -2.70. The van der Waals surface area contributed by atoms with Crippen LogP contribution in [0.5, 0.6) is 0 Å². The van der Waals surface area contributed by atoms with Crippen molar-refractivity contribution >= 4 is 17.0 Å². The van der Waals surface area contributed by atoms with Gasteiger partial charge >= 0.3 is 12.5 Å². The number of furan rings is 1. The Bertz CT molecular complexity index is 766. The molecule has 0 radical (unpaired) electrons. The lowest BCUT2D eigenvalue weighted by atomic mass is 10.3. The third-order valence-corrected chi connectivity index (χ3v) is 2.95. The van der Waals surface area contributed by atoms with Gasteiger partial charge in [-0.05, 0) is 18.2 Å². The predicted octanol–water partition coefficient (Wildman–Crippen LogP) is 3.38. The molecule has 0 fully saturated rings. The third-order valence-electron chi connectivity index (χ3n) is 2.95. The van der Waals surface area contributed by atoms with Crippen molar-refractivity contribution in [1.82, 2.24) is 9.55 Å². The Morgan fingerprint density at radius 1 is 1.33 bits per heavy atom. The van der Waals surface area contributed by atoms with Gasteiger partial charge in [-0.15, -0.1) is 0 Å². The maximum atomic E-state index is 13.2. The first-order valence-corrected chi connectivity index (χ1v) is 6.10. The fraction of sp³-hybridized carbons (Fsp3) is 0.143. The number of esters is 1. The van der Waals surface area contributed by atoms with Crippen molar-refractivity contribution in [3.63, 3.8) is 0 Å². The maximum Gasteiger partial charge on any atom is 0.341 e. The lowest BCUT2D eigenvalue weighted by Crippen LogP contribution is -2.10. The van der Waals surface area contributed by atoms with E-state index in [1.807, 2.05) is 0 Å². The quantitative estimate of drug-likeness (QED) is 0.692. The zero-order chi connectivity index (χ0) is 14.8. The van der Waals surface area contributed by atoms with E-state index in [4.69, 9.17) is 9.15 Å². The van der Waals surface area contributed by atoms with Crippen LogP contribution in [0.3, 0.4) is 0 Å². The topological polar surface area (TPSA) is 57.3 Å². The van der Waals surface area contributed by atoms with Crippen LogP contribution in [0.1, 0.15) is 22.7 Å². The highest BCUT2D eigenvalue weighted by molar-refractivity contribution is 5.88. The first-order valence-electron chi connectivity index (χ1n) is 6.10. The molecule has 2 heterocycles. The molecule has 0 saturated heterocycles. The van der Waals surface area contributed by atoms with Crippen molar-refractivity contribution in [1.29, 1.82) is 0 Å². The van der Waals surface area contributed by atoms with Gasteiger partial charge in [-0.3, -0.25) is 4.57 Å². The lowest BCUT2D eigenvalue weighted by Gasteiger charge is -2.07. The summed E-state index contributed by atoms with van der Waals surface area (Å²) in [6.07, 6.45) is 2.55. The van der Waals surface area contributed by atoms with Crippen LogP contribution in [0.2, 0.25) is 0 Å². The van der Waals surface area contributed by atoms with E-state index in [-0.39, 0.29) is 18.0 Å². The molecule has 21 heavy (non-hydrogen) atoms. The number of nitrogens with zero attached hydrogens (tertiary/aromatic N) is 2. The van der Waals surface area contributed by atoms with E-state index < -0.39 is 12.5 Å². The Balaban J connectivity index is 1.86. The Labute approximate surface area is 117 Å². The SMILES string of the molecule is O=C(OCc1nc2ccccc2n1C(F)F)c1ccoc1. The molecule has 0 amide bonds. The minimum absolute atomic E-state index is 0.0111. The molecule has 0 atom stereocenters. The van der Waals surface area contributed by atoms with Gasteiger partial charge in [-0.1, -0.05) is 12.1 Å². The maximum absolute atomic E-state index is 13.2. The van der Waals surface area contributed by atoms with E-state index in [1.54, 1.807) is 18.2 Å². The monoisotopic (exact) mass is 292 g/mol. The van der Waals surface area contributed by atoms with Gasteiger partial charge in [0.25, 0.3) is 0 Å². The van der Waals surface area contributed by atoms with E-state index in [1.165, 1.54) is 24.7 Å². The smallest absolute Gasteiger partial charge is 0.341 e. The molecule has 0 spiro atoms. The Kier molecular flexibility index (Phi) is 3.39. The van der Waals surface area contributed by atoms with Crippen LogP contribution in [0, 0.1) is 0 Å². The molecule has 0 aliphatic rings. The van der Waals surface area contributed by atoms with E-state index in [0.29, 0.717) is 11.0 Å². The second kappa shape index (κ2) is 5.35. The van der Waals surface area contributed by atoms with Gasteiger partial charge in [-0.25, -0.2) is 9.78 Å². The Morgan fingerprint density at radius 2 is 2.14 bits per heavy atom. The Morgan fingerprint density at radius 3 is 2.86 bits per heavy atom. The number of hydrogen-bond donors (Lipinski definition) is 0. The van der Waals surface area contributed by atoms with Crippen molar-refractivity contribution < 1.29 is 22.7 Å². The van der Waals surface area contributed by atoms with E-state index in [0.717, 1.165) is 4.57 Å². The second-order valence-corrected chi connectivity index (χ2v) is 4.25. The molecule has 0 aliphatic carbocycles. The number of halogens is 2. The number of fused-ring (bicyclic) bond motifs is 1. The number of carbonyl (C=O) groups excluding carboxylic acids is 1. The number of aromatic nitrogens is 2. The highest BCUT2D eigenvalue weighted by Gasteiger charge is 2.19. The molecule has 3 rings (SSSR count). The van der Waals surface area contributed by atoms with Crippen LogP contribution < -0.4 is 0 Å². The van der Waals surface area contributed by atoms with Crippen molar-refractivity contribution in [3.8, 4) is 0 Å². The van der Waals surface area contributed by atoms with E-state index in [9.17, 15) is 13.6 Å². The highest BCUT2D eigenvalue weighted by Crippen LogP contribution is 2.23. The molecule has 0 aliphatic heterocycles. The van der Waals surface area contributed by atoms with Crippen LogP contribution in [-0.4, -0.2) is 15.5 Å². The van der Waals surface area contributed by atoms with Crippen LogP contribution in [-0.2, 0) is 11.3 Å². The number of alkyl halides is 2.